The highest BCUT2D eigenvalue weighted by molar-refractivity contribution is 5.82. The molecular formula is C16H19N3O3. The molecule has 1 aromatic carbocycles. The number of carbonyl (C=O) groups excluding carboxylic acids is 1. The van der Waals surface area contributed by atoms with Crippen molar-refractivity contribution in [3.8, 4) is 0 Å². The summed E-state index contributed by atoms with van der Waals surface area (Å²) in [7, 11) is 0. The number of rotatable bonds is 4. The highest BCUT2D eigenvalue weighted by atomic mass is 16.6. The molecule has 0 atom stereocenters. The summed E-state index contributed by atoms with van der Waals surface area (Å²) < 4.78 is 10.1. The number of ether oxygens (including phenoxy) is 1. The second kappa shape index (κ2) is 5.68. The molecule has 2 heterocycles. The van der Waals surface area contributed by atoms with Gasteiger partial charge in [-0.2, -0.15) is 0 Å². The van der Waals surface area contributed by atoms with E-state index in [4.69, 9.17) is 9.37 Å². The van der Waals surface area contributed by atoms with E-state index in [2.05, 4.69) is 15.2 Å². The first-order valence-corrected chi connectivity index (χ1v) is 7.91. The third kappa shape index (κ3) is 2.70. The largest absolute Gasteiger partial charge is 0.381 e. The van der Waals surface area contributed by atoms with Crippen LogP contribution in [0, 0.1) is 0 Å². The number of fused-ring (bicyclic) bond motifs is 1. The third-order valence-corrected chi connectivity index (χ3v) is 4.49. The van der Waals surface area contributed by atoms with Crippen molar-refractivity contribution >= 4 is 16.9 Å². The number of benzene rings is 1. The van der Waals surface area contributed by atoms with Gasteiger partial charge in [-0.05, 0) is 53.7 Å². The molecule has 2 aromatic rings. The minimum absolute atomic E-state index is 0.213. The van der Waals surface area contributed by atoms with Crippen LogP contribution in [0.1, 0.15) is 31.2 Å². The van der Waals surface area contributed by atoms with Gasteiger partial charge in [-0.1, -0.05) is 6.07 Å². The lowest BCUT2D eigenvalue weighted by molar-refractivity contribution is -0.135. The Kier molecular flexibility index (Phi) is 3.54. The van der Waals surface area contributed by atoms with E-state index in [-0.39, 0.29) is 5.91 Å². The Morgan fingerprint density at radius 1 is 1.09 bits per heavy atom. The van der Waals surface area contributed by atoms with E-state index in [1.807, 2.05) is 18.2 Å². The van der Waals surface area contributed by atoms with Crippen LogP contribution in [0.3, 0.4) is 0 Å². The highest BCUT2D eigenvalue weighted by Crippen LogP contribution is 2.32. The molecule has 2 aliphatic rings. The molecule has 1 aliphatic heterocycles. The molecule has 22 heavy (non-hydrogen) atoms. The first-order valence-electron chi connectivity index (χ1n) is 7.91. The Labute approximate surface area is 128 Å². The van der Waals surface area contributed by atoms with E-state index < -0.39 is 0 Å². The van der Waals surface area contributed by atoms with Crippen LogP contribution in [0.2, 0.25) is 0 Å². The molecule has 0 unspecified atom stereocenters. The zero-order chi connectivity index (χ0) is 14.9. The van der Waals surface area contributed by atoms with Crippen LogP contribution >= 0.6 is 0 Å². The molecule has 1 saturated carbocycles. The van der Waals surface area contributed by atoms with Gasteiger partial charge in [0.25, 0.3) is 0 Å². The zero-order valence-electron chi connectivity index (χ0n) is 12.4. The van der Waals surface area contributed by atoms with E-state index in [0.29, 0.717) is 24.0 Å². The average molecular weight is 301 g/mol. The minimum atomic E-state index is 0.213. The Hall–Kier alpha value is -1.95. The van der Waals surface area contributed by atoms with Crippen LogP contribution in [0.5, 0.6) is 0 Å². The average Bonchev–Trinajstić information content (AvgIpc) is 3.25. The Bertz CT molecular complexity index is 674. The van der Waals surface area contributed by atoms with Crippen LogP contribution in [0.15, 0.2) is 22.8 Å². The maximum absolute atomic E-state index is 12.8. The van der Waals surface area contributed by atoms with Crippen LogP contribution < -0.4 is 0 Å². The van der Waals surface area contributed by atoms with Crippen molar-refractivity contribution in [2.45, 2.75) is 44.2 Å². The number of nitrogens with zero attached hydrogens (tertiary/aromatic N) is 3. The number of amides is 1. The van der Waals surface area contributed by atoms with Crippen molar-refractivity contribution in [1.29, 1.82) is 0 Å². The fourth-order valence-corrected chi connectivity index (χ4v) is 3.23. The van der Waals surface area contributed by atoms with Crippen molar-refractivity contribution < 1.29 is 14.2 Å². The van der Waals surface area contributed by atoms with Gasteiger partial charge in [-0.3, -0.25) is 4.79 Å². The molecule has 2 fully saturated rings. The molecule has 0 spiro atoms. The highest BCUT2D eigenvalue weighted by Gasteiger charge is 2.37. The fraction of sp³-hybridized carbons (Fsp3) is 0.562. The van der Waals surface area contributed by atoms with Gasteiger partial charge in [0.2, 0.25) is 5.91 Å². The molecule has 116 valence electrons. The Morgan fingerprint density at radius 3 is 2.59 bits per heavy atom. The van der Waals surface area contributed by atoms with Gasteiger partial charge in [-0.15, -0.1) is 0 Å². The summed E-state index contributed by atoms with van der Waals surface area (Å²) in [5.74, 6) is 0.213. The maximum atomic E-state index is 12.8. The van der Waals surface area contributed by atoms with E-state index in [1.54, 1.807) is 0 Å². The molecule has 0 N–H and O–H groups in total. The number of hydrogen-bond acceptors (Lipinski definition) is 5. The lowest BCUT2D eigenvalue weighted by atomic mass is 10.0. The van der Waals surface area contributed by atoms with Crippen molar-refractivity contribution in [1.82, 2.24) is 15.2 Å². The lowest BCUT2D eigenvalue weighted by Gasteiger charge is -2.34. The topological polar surface area (TPSA) is 68.5 Å². The van der Waals surface area contributed by atoms with E-state index in [0.717, 1.165) is 50.0 Å². The van der Waals surface area contributed by atoms with Gasteiger partial charge in [0.05, 0.1) is 6.42 Å². The zero-order valence-corrected chi connectivity index (χ0v) is 12.4. The van der Waals surface area contributed by atoms with Gasteiger partial charge < -0.3 is 9.64 Å². The molecule has 0 bridgehead atoms. The second-order valence-electron chi connectivity index (χ2n) is 6.14. The summed E-state index contributed by atoms with van der Waals surface area (Å²) in [4.78, 5) is 14.9. The molecule has 6 nitrogen and oxygen atoms in total. The quantitative estimate of drug-likeness (QED) is 0.863. The normalized spacial score (nSPS) is 19.5. The van der Waals surface area contributed by atoms with E-state index in [1.165, 1.54) is 0 Å². The SMILES string of the molecule is O=C(Cc1ccc2nonc2c1)N(C1CCOCC1)C1CC1. The second-order valence-corrected chi connectivity index (χ2v) is 6.14. The van der Waals surface area contributed by atoms with Crippen molar-refractivity contribution in [3.63, 3.8) is 0 Å². The predicted octanol–water partition coefficient (Wildman–Crippen LogP) is 1.94. The summed E-state index contributed by atoms with van der Waals surface area (Å²) in [5, 5.41) is 7.63. The fourth-order valence-electron chi connectivity index (χ4n) is 3.23. The summed E-state index contributed by atoms with van der Waals surface area (Å²) in [6.45, 7) is 1.52. The molecule has 6 heteroatoms. The molecule has 1 aliphatic carbocycles. The van der Waals surface area contributed by atoms with Crippen molar-refractivity contribution in [2.75, 3.05) is 13.2 Å². The van der Waals surface area contributed by atoms with Gasteiger partial charge in [0.15, 0.2) is 0 Å². The maximum Gasteiger partial charge on any atom is 0.227 e. The van der Waals surface area contributed by atoms with Crippen LogP contribution in [-0.4, -0.2) is 46.4 Å². The first-order chi connectivity index (χ1) is 10.8. The molecule has 0 radical (unpaired) electrons. The molecule has 1 aromatic heterocycles. The van der Waals surface area contributed by atoms with Crippen molar-refractivity contribution in [2.24, 2.45) is 0 Å². The van der Waals surface area contributed by atoms with Gasteiger partial charge in [0.1, 0.15) is 11.0 Å². The van der Waals surface area contributed by atoms with Gasteiger partial charge in [0, 0.05) is 25.3 Å². The van der Waals surface area contributed by atoms with E-state index in [9.17, 15) is 4.79 Å². The minimum Gasteiger partial charge on any atom is -0.381 e. The van der Waals surface area contributed by atoms with Crippen LogP contribution in [0.25, 0.3) is 11.0 Å². The summed E-state index contributed by atoms with van der Waals surface area (Å²) in [5.41, 5.74) is 2.39. The number of hydrogen-bond donors (Lipinski definition) is 0. The molecule has 1 amide bonds. The molecule has 4 rings (SSSR count). The summed E-state index contributed by atoms with van der Waals surface area (Å²) >= 11 is 0. The first kappa shape index (κ1) is 13.7. The Morgan fingerprint density at radius 2 is 1.82 bits per heavy atom. The van der Waals surface area contributed by atoms with Crippen molar-refractivity contribution in [3.05, 3.63) is 23.8 Å². The van der Waals surface area contributed by atoms with Gasteiger partial charge in [-0.25, -0.2) is 4.63 Å². The standard InChI is InChI=1S/C16H19N3O3/c20-16(10-11-1-4-14-15(9-11)18-22-17-14)19(12-2-3-12)13-5-7-21-8-6-13/h1,4,9,12-13H,2-3,5-8,10H2. The van der Waals surface area contributed by atoms with Crippen LogP contribution in [-0.2, 0) is 16.0 Å². The number of carbonyl (C=O) groups is 1. The predicted molar refractivity (Wildman–Crippen MR) is 79.2 cm³/mol. The van der Waals surface area contributed by atoms with E-state index >= 15 is 0 Å². The van der Waals surface area contributed by atoms with Gasteiger partial charge >= 0.3 is 0 Å². The summed E-state index contributed by atoms with van der Waals surface area (Å²) in [6.07, 6.45) is 4.59. The molecule has 1 saturated heterocycles. The Balaban J connectivity index is 1.50. The summed E-state index contributed by atoms with van der Waals surface area (Å²) in [6, 6.07) is 6.45. The number of aromatic nitrogens is 2. The van der Waals surface area contributed by atoms with Crippen LogP contribution in [0.4, 0.5) is 0 Å². The smallest absolute Gasteiger partial charge is 0.227 e. The lowest BCUT2D eigenvalue weighted by Crippen LogP contribution is -2.45. The monoisotopic (exact) mass is 301 g/mol. The molecular weight excluding hydrogens is 282 g/mol. The third-order valence-electron chi connectivity index (χ3n) is 4.49.